The zero-order valence-corrected chi connectivity index (χ0v) is 11.6. The van der Waals surface area contributed by atoms with Gasteiger partial charge in [-0.1, -0.05) is 0 Å². The maximum absolute atomic E-state index is 12.8. The van der Waals surface area contributed by atoms with Crippen LogP contribution in [0.3, 0.4) is 0 Å². The molecule has 18 heavy (non-hydrogen) atoms. The van der Waals surface area contributed by atoms with E-state index >= 15 is 0 Å². The number of carbonyl (C=O) groups excluding carboxylic acids is 1. The van der Waals surface area contributed by atoms with E-state index in [-0.39, 0.29) is 33.4 Å². The van der Waals surface area contributed by atoms with E-state index in [4.69, 9.17) is 10.00 Å². The van der Waals surface area contributed by atoms with Crippen molar-refractivity contribution in [3.63, 3.8) is 0 Å². The Hall–Kier alpha value is -1.30. The van der Waals surface area contributed by atoms with Gasteiger partial charge in [0.1, 0.15) is 6.07 Å². The molecule has 0 saturated carbocycles. The van der Waals surface area contributed by atoms with Crippen molar-refractivity contribution < 1.29 is 18.3 Å². The van der Waals surface area contributed by atoms with Gasteiger partial charge in [0.15, 0.2) is 0 Å². The highest BCUT2D eigenvalue weighted by Crippen LogP contribution is 2.28. The first-order valence-corrected chi connectivity index (χ1v) is 6.10. The largest absolute Gasteiger partial charge is 0.466 e. The van der Waals surface area contributed by atoms with Crippen LogP contribution in [0.25, 0.3) is 0 Å². The lowest BCUT2D eigenvalue weighted by Crippen LogP contribution is -2.12. The van der Waals surface area contributed by atoms with E-state index in [9.17, 15) is 13.6 Å². The van der Waals surface area contributed by atoms with Crippen molar-refractivity contribution >= 4 is 28.6 Å². The van der Waals surface area contributed by atoms with Gasteiger partial charge in [0.25, 0.3) is 6.43 Å². The number of hydrogen-bond acceptors (Lipinski definition) is 4. The average molecular weight is 366 g/mol. The molecule has 0 fully saturated rings. The molecule has 0 aromatic carbocycles. The molecule has 0 bridgehead atoms. The summed E-state index contributed by atoms with van der Waals surface area (Å²) in [5.41, 5.74) is -0.607. The molecule has 0 radical (unpaired) electrons. The number of carbonyl (C=O) groups is 1. The molecule has 0 aliphatic heterocycles. The van der Waals surface area contributed by atoms with Crippen LogP contribution in [0.1, 0.15) is 30.2 Å². The topological polar surface area (TPSA) is 63.0 Å². The van der Waals surface area contributed by atoms with Gasteiger partial charge in [0.05, 0.1) is 29.8 Å². The van der Waals surface area contributed by atoms with Crippen LogP contribution in [-0.4, -0.2) is 17.6 Å². The van der Waals surface area contributed by atoms with Crippen LogP contribution in [-0.2, 0) is 16.0 Å². The molecule has 1 rings (SSSR count). The van der Waals surface area contributed by atoms with Gasteiger partial charge < -0.3 is 4.74 Å². The van der Waals surface area contributed by atoms with Crippen molar-refractivity contribution in [2.75, 3.05) is 6.61 Å². The van der Waals surface area contributed by atoms with E-state index in [1.165, 1.54) is 6.20 Å². The summed E-state index contributed by atoms with van der Waals surface area (Å²) in [7, 11) is 0. The van der Waals surface area contributed by atoms with Crippen molar-refractivity contribution in [2.24, 2.45) is 0 Å². The number of pyridine rings is 1. The molecule has 4 nitrogen and oxygen atoms in total. The number of halogens is 3. The average Bonchev–Trinajstić information content (AvgIpc) is 2.30. The van der Waals surface area contributed by atoms with Gasteiger partial charge in [0.2, 0.25) is 0 Å². The maximum Gasteiger partial charge on any atom is 0.311 e. The Labute approximate surface area is 116 Å². The summed E-state index contributed by atoms with van der Waals surface area (Å²) < 4.78 is 30.6. The third kappa shape index (κ3) is 3.35. The van der Waals surface area contributed by atoms with Crippen molar-refractivity contribution in [3.05, 3.63) is 26.6 Å². The number of nitriles is 1. The van der Waals surface area contributed by atoms with E-state index in [1.54, 1.807) is 35.6 Å². The molecule has 0 saturated heterocycles. The molecular weight excluding hydrogens is 357 g/mol. The number of aromatic nitrogens is 1. The first-order chi connectivity index (χ1) is 8.51. The Kier molecular flexibility index (Phi) is 5.40. The Morgan fingerprint density at radius 3 is 2.83 bits per heavy atom. The fourth-order valence-corrected chi connectivity index (χ4v) is 2.01. The molecule has 7 heteroatoms. The van der Waals surface area contributed by atoms with Crippen LogP contribution in [0.2, 0.25) is 0 Å². The summed E-state index contributed by atoms with van der Waals surface area (Å²) in [6.07, 6.45) is -1.85. The highest BCUT2D eigenvalue weighted by atomic mass is 127. The Balaban J connectivity index is 3.18. The Morgan fingerprint density at radius 2 is 2.33 bits per heavy atom. The summed E-state index contributed by atoms with van der Waals surface area (Å²) in [5, 5.41) is 8.94. The highest BCUT2D eigenvalue weighted by molar-refractivity contribution is 14.1. The Morgan fingerprint density at radius 1 is 1.67 bits per heavy atom. The van der Waals surface area contributed by atoms with Crippen LogP contribution >= 0.6 is 22.6 Å². The number of alkyl halides is 2. The molecule has 0 unspecified atom stereocenters. The number of nitrogens with zero attached hydrogens (tertiary/aromatic N) is 2. The number of esters is 1. The molecule has 0 amide bonds. The first kappa shape index (κ1) is 14.8. The van der Waals surface area contributed by atoms with E-state index in [0.717, 1.165) is 0 Å². The summed E-state index contributed by atoms with van der Waals surface area (Å²) in [4.78, 5) is 15.1. The van der Waals surface area contributed by atoms with Gasteiger partial charge in [-0.3, -0.25) is 9.78 Å². The molecule has 1 aromatic heterocycles. The summed E-state index contributed by atoms with van der Waals surface area (Å²) in [6.45, 7) is 1.82. The lowest BCUT2D eigenvalue weighted by Gasteiger charge is -2.09. The van der Waals surface area contributed by atoms with Crippen LogP contribution < -0.4 is 0 Å². The molecular formula is C11H9F2IN2O2. The normalized spacial score (nSPS) is 10.2. The third-order valence-electron chi connectivity index (χ3n) is 2.10. The van der Waals surface area contributed by atoms with Gasteiger partial charge in [0, 0.05) is 9.77 Å². The molecule has 1 heterocycles. The molecule has 0 aliphatic rings. The highest BCUT2D eigenvalue weighted by Gasteiger charge is 2.22. The van der Waals surface area contributed by atoms with Gasteiger partial charge in [-0.15, -0.1) is 0 Å². The van der Waals surface area contributed by atoms with Gasteiger partial charge in [-0.25, -0.2) is 8.78 Å². The van der Waals surface area contributed by atoms with Crippen molar-refractivity contribution in [1.82, 2.24) is 4.98 Å². The predicted molar refractivity (Wildman–Crippen MR) is 67.0 cm³/mol. The minimum Gasteiger partial charge on any atom is -0.466 e. The second-order valence-electron chi connectivity index (χ2n) is 3.24. The van der Waals surface area contributed by atoms with E-state index in [1.807, 2.05) is 0 Å². The SMILES string of the molecule is CCOC(=O)Cc1ncc(I)c(C(F)F)c1C#N. The zero-order valence-electron chi connectivity index (χ0n) is 9.41. The number of hydrogen-bond donors (Lipinski definition) is 0. The predicted octanol–water partition coefficient (Wildman–Crippen LogP) is 2.60. The lowest BCUT2D eigenvalue weighted by molar-refractivity contribution is -0.142. The zero-order chi connectivity index (χ0) is 13.7. The fraction of sp³-hybridized carbons (Fsp3) is 0.364. The Bertz CT molecular complexity index is 501. The van der Waals surface area contributed by atoms with Gasteiger partial charge >= 0.3 is 5.97 Å². The third-order valence-corrected chi connectivity index (χ3v) is 2.96. The molecule has 0 spiro atoms. The monoisotopic (exact) mass is 366 g/mol. The van der Waals surface area contributed by atoms with Crippen LogP contribution in [0.5, 0.6) is 0 Å². The minimum absolute atomic E-state index is 0.0201. The van der Waals surface area contributed by atoms with Crippen molar-refractivity contribution in [1.29, 1.82) is 5.26 Å². The smallest absolute Gasteiger partial charge is 0.311 e. The summed E-state index contributed by atoms with van der Waals surface area (Å²) in [5.74, 6) is -0.595. The van der Waals surface area contributed by atoms with E-state index in [2.05, 4.69) is 4.98 Å². The molecule has 0 aliphatic carbocycles. The van der Waals surface area contributed by atoms with E-state index in [0.29, 0.717) is 0 Å². The van der Waals surface area contributed by atoms with Crippen LogP contribution in [0, 0.1) is 14.9 Å². The van der Waals surface area contributed by atoms with E-state index < -0.39 is 12.4 Å². The van der Waals surface area contributed by atoms with Crippen molar-refractivity contribution in [2.45, 2.75) is 19.8 Å². The van der Waals surface area contributed by atoms with Gasteiger partial charge in [-0.05, 0) is 29.5 Å². The number of rotatable bonds is 4. The molecule has 0 N–H and O–H groups in total. The van der Waals surface area contributed by atoms with Crippen molar-refractivity contribution in [3.8, 4) is 6.07 Å². The molecule has 96 valence electrons. The molecule has 1 aromatic rings. The standard InChI is InChI=1S/C11H9F2IN2O2/c1-2-18-9(17)3-8-6(4-15)10(11(12)13)7(14)5-16-8/h5,11H,2-3H2,1H3. The second kappa shape index (κ2) is 6.58. The fourth-order valence-electron chi connectivity index (χ4n) is 1.36. The maximum atomic E-state index is 12.8. The summed E-state index contributed by atoms with van der Waals surface area (Å²) in [6, 6.07) is 1.68. The summed E-state index contributed by atoms with van der Waals surface area (Å²) >= 11 is 1.68. The minimum atomic E-state index is -2.78. The quantitative estimate of drug-likeness (QED) is 0.607. The molecule has 0 atom stereocenters. The lowest BCUT2D eigenvalue weighted by atomic mass is 10.1. The first-order valence-electron chi connectivity index (χ1n) is 5.02. The number of ether oxygens (including phenoxy) is 1. The second-order valence-corrected chi connectivity index (χ2v) is 4.40. The van der Waals surface area contributed by atoms with Crippen LogP contribution in [0.4, 0.5) is 8.78 Å². The van der Waals surface area contributed by atoms with Crippen LogP contribution in [0.15, 0.2) is 6.20 Å². The van der Waals surface area contributed by atoms with Gasteiger partial charge in [-0.2, -0.15) is 5.26 Å².